The van der Waals surface area contributed by atoms with Crippen molar-refractivity contribution in [2.75, 3.05) is 0 Å². The third-order valence-electron chi connectivity index (χ3n) is 3.01. The number of carbonyl (C=O) groups is 2. The van der Waals surface area contributed by atoms with Crippen LogP contribution in [0, 0.1) is 5.82 Å². The van der Waals surface area contributed by atoms with E-state index in [0.717, 1.165) is 0 Å². The Labute approximate surface area is 142 Å². The molecule has 120 valence electrons. The fourth-order valence-electron chi connectivity index (χ4n) is 1.97. The van der Waals surface area contributed by atoms with Gasteiger partial charge in [0, 0.05) is 17.0 Å². The summed E-state index contributed by atoms with van der Waals surface area (Å²) in [6.07, 6.45) is -0.469. The Bertz CT molecular complexity index is 710. The molecule has 1 amide bonds. The third-order valence-corrected chi connectivity index (χ3v) is 3.63. The summed E-state index contributed by atoms with van der Waals surface area (Å²) >= 11 is 11.7. The topological polar surface area (TPSA) is 55.4 Å². The first-order valence-corrected chi connectivity index (χ1v) is 7.39. The minimum atomic E-state index is -0.991. The van der Waals surface area contributed by atoms with Gasteiger partial charge in [-0.25, -0.2) is 9.18 Å². The van der Waals surface area contributed by atoms with E-state index in [1.165, 1.54) is 12.1 Å². The molecule has 0 saturated carbocycles. The van der Waals surface area contributed by atoms with Crippen molar-refractivity contribution in [2.45, 2.75) is 12.5 Å². The summed E-state index contributed by atoms with van der Waals surface area (Å²) in [4.78, 5) is 22.8. The quantitative estimate of drug-likeness (QED) is 0.632. The van der Waals surface area contributed by atoms with Crippen LogP contribution in [0.15, 0.2) is 42.5 Å². The molecular weight excluding hydrogens is 344 g/mol. The Morgan fingerprint density at radius 2 is 1.83 bits per heavy atom. The molecule has 0 bridgehead atoms. The van der Waals surface area contributed by atoms with Crippen molar-refractivity contribution in [1.82, 2.24) is 5.32 Å². The van der Waals surface area contributed by atoms with Crippen LogP contribution in [0.5, 0.6) is 5.75 Å². The summed E-state index contributed by atoms with van der Waals surface area (Å²) in [6, 6.07) is 10.0. The van der Waals surface area contributed by atoms with E-state index < -0.39 is 18.0 Å². The van der Waals surface area contributed by atoms with E-state index in [1.807, 2.05) is 0 Å². The van der Waals surface area contributed by atoms with Gasteiger partial charge in [-0.2, -0.15) is 0 Å². The molecule has 0 aliphatic carbocycles. The van der Waals surface area contributed by atoms with Crippen LogP contribution in [0.3, 0.4) is 0 Å². The highest BCUT2D eigenvalue weighted by Crippen LogP contribution is 2.31. The van der Waals surface area contributed by atoms with Crippen molar-refractivity contribution in [3.8, 4) is 5.75 Å². The molecule has 0 radical (unpaired) electrons. The van der Waals surface area contributed by atoms with E-state index in [2.05, 4.69) is 5.32 Å². The molecule has 2 aromatic carbocycles. The molecule has 2 aromatic rings. The van der Waals surface area contributed by atoms with Crippen LogP contribution in [0.4, 0.5) is 9.18 Å². The fourth-order valence-corrected chi connectivity index (χ4v) is 2.42. The highest BCUT2D eigenvalue weighted by atomic mass is 35.5. The predicted molar refractivity (Wildman–Crippen MR) is 85.4 cm³/mol. The SMILES string of the molecule is O=CC[C@H](NC(=O)Oc1ccccc1)c1c(Cl)ccc(Cl)c1F. The normalized spacial score (nSPS) is 11.6. The Morgan fingerprint density at radius 1 is 1.17 bits per heavy atom. The molecule has 0 aliphatic rings. The second-order valence-corrected chi connectivity index (χ2v) is 5.37. The van der Waals surface area contributed by atoms with Crippen molar-refractivity contribution in [1.29, 1.82) is 0 Å². The summed E-state index contributed by atoms with van der Waals surface area (Å²) in [7, 11) is 0. The molecule has 23 heavy (non-hydrogen) atoms. The van der Waals surface area contributed by atoms with Crippen LogP contribution in [0.1, 0.15) is 18.0 Å². The van der Waals surface area contributed by atoms with E-state index in [-0.39, 0.29) is 22.0 Å². The van der Waals surface area contributed by atoms with E-state index in [1.54, 1.807) is 30.3 Å². The molecule has 1 atom stereocenters. The molecule has 0 heterocycles. The van der Waals surface area contributed by atoms with Crippen molar-refractivity contribution in [2.24, 2.45) is 0 Å². The highest BCUT2D eigenvalue weighted by Gasteiger charge is 2.23. The van der Waals surface area contributed by atoms with Gasteiger partial charge < -0.3 is 14.8 Å². The first kappa shape index (κ1) is 17.2. The van der Waals surface area contributed by atoms with Crippen molar-refractivity contribution in [3.05, 3.63) is 63.9 Å². The number of aldehydes is 1. The number of rotatable bonds is 5. The zero-order chi connectivity index (χ0) is 16.8. The average molecular weight is 356 g/mol. The summed E-state index contributed by atoms with van der Waals surface area (Å²) in [5.41, 5.74) is -0.0590. The first-order valence-electron chi connectivity index (χ1n) is 6.63. The lowest BCUT2D eigenvalue weighted by molar-refractivity contribution is -0.108. The lowest BCUT2D eigenvalue weighted by Gasteiger charge is -2.19. The number of amides is 1. The second-order valence-electron chi connectivity index (χ2n) is 4.56. The van der Waals surface area contributed by atoms with Gasteiger partial charge in [0.25, 0.3) is 0 Å². The van der Waals surface area contributed by atoms with Crippen LogP contribution in [-0.4, -0.2) is 12.4 Å². The third kappa shape index (κ3) is 4.43. The lowest BCUT2D eigenvalue weighted by atomic mass is 10.0. The number of hydrogen-bond acceptors (Lipinski definition) is 3. The number of carbonyl (C=O) groups excluding carboxylic acids is 2. The number of nitrogens with one attached hydrogen (secondary N) is 1. The maximum Gasteiger partial charge on any atom is 0.413 e. The fraction of sp³-hybridized carbons (Fsp3) is 0.125. The van der Waals surface area contributed by atoms with Crippen molar-refractivity contribution < 1.29 is 18.7 Å². The summed E-state index contributed by atoms with van der Waals surface area (Å²) in [5, 5.41) is 2.32. The van der Waals surface area contributed by atoms with Gasteiger partial charge in [-0.3, -0.25) is 0 Å². The number of hydrogen-bond donors (Lipinski definition) is 1. The molecule has 1 N–H and O–H groups in total. The van der Waals surface area contributed by atoms with Gasteiger partial charge in [-0.05, 0) is 24.3 Å². The summed E-state index contributed by atoms with van der Waals surface area (Å²) in [6.45, 7) is 0. The maximum atomic E-state index is 14.2. The monoisotopic (exact) mass is 355 g/mol. The van der Waals surface area contributed by atoms with Crippen LogP contribution >= 0.6 is 23.2 Å². The van der Waals surface area contributed by atoms with Crippen LogP contribution in [0.2, 0.25) is 10.0 Å². The van der Waals surface area contributed by atoms with Gasteiger partial charge in [0.15, 0.2) is 0 Å². The Balaban J connectivity index is 2.21. The molecule has 0 fully saturated rings. The van der Waals surface area contributed by atoms with Gasteiger partial charge >= 0.3 is 6.09 Å². The van der Waals surface area contributed by atoms with Crippen molar-refractivity contribution >= 4 is 35.6 Å². The Hall–Kier alpha value is -2.11. The van der Waals surface area contributed by atoms with Gasteiger partial charge in [-0.1, -0.05) is 41.4 Å². The van der Waals surface area contributed by atoms with Gasteiger partial charge in [0.05, 0.1) is 11.1 Å². The first-order chi connectivity index (χ1) is 11.0. The number of ether oxygens (including phenoxy) is 1. The highest BCUT2D eigenvalue weighted by molar-refractivity contribution is 6.33. The lowest BCUT2D eigenvalue weighted by Crippen LogP contribution is -2.32. The van der Waals surface area contributed by atoms with Crippen LogP contribution in [-0.2, 0) is 4.79 Å². The second kappa shape index (κ2) is 7.94. The van der Waals surface area contributed by atoms with E-state index in [4.69, 9.17) is 27.9 Å². The molecular formula is C16H12Cl2FNO3. The largest absolute Gasteiger partial charge is 0.413 e. The minimum absolute atomic E-state index is 0.0544. The smallest absolute Gasteiger partial charge is 0.410 e. The minimum Gasteiger partial charge on any atom is -0.410 e. The van der Waals surface area contributed by atoms with Gasteiger partial charge in [0.1, 0.15) is 17.9 Å². The average Bonchev–Trinajstić information content (AvgIpc) is 2.52. The molecule has 0 unspecified atom stereocenters. The van der Waals surface area contributed by atoms with E-state index in [9.17, 15) is 14.0 Å². The number of para-hydroxylation sites is 1. The Morgan fingerprint density at radius 3 is 2.48 bits per heavy atom. The zero-order valence-corrected chi connectivity index (χ0v) is 13.3. The van der Waals surface area contributed by atoms with E-state index in [0.29, 0.717) is 12.0 Å². The van der Waals surface area contributed by atoms with Crippen LogP contribution in [0.25, 0.3) is 0 Å². The molecule has 4 nitrogen and oxygen atoms in total. The van der Waals surface area contributed by atoms with Gasteiger partial charge in [0.2, 0.25) is 0 Å². The molecule has 0 aliphatic heterocycles. The Kier molecular flexibility index (Phi) is 5.96. The molecule has 2 rings (SSSR count). The summed E-state index contributed by atoms with van der Waals surface area (Å²) in [5.74, 6) is -0.474. The van der Waals surface area contributed by atoms with Crippen molar-refractivity contribution in [3.63, 3.8) is 0 Å². The van der Waals surface area contributed by atoms with Crippen LogP contribution < -0.4 is 10.1 Å². The molecule has 7 heteroatoms. The zero-order valence-electron chi connectivity index (χ0n) is 11.8. The molecule has 0 spiro atoms. The van der Waals surface area contributed by atoms with E-state index >= 15 is 0 Å². The molecule has 0 saturated heterocycles. The number of benzene rings is 2. The molecule has 0 aromatic heterocycles. The van der Waals surface area contributed by atoms with Gasteiger partial charge in [-0.15, -0.1) is 0 Å². The number of halogens is 3. The predicted octanol–water partition coefficient (Wildman–Crippen LogP) is 4.55. The maximum absolute atomic E-state index is 14.2. The summed E-state index contributed by atoms with van der Waals surface area (Å²) < 4.78 is 19.2. The standard InChI is InChI=1S/C16H12Cl2FNO3/c17-11-6-7-12(18)15(19)14(11)13(8-9-21)20-16(22)23-10-4-2-1-3-5-10/h1-7,9,13H,8H2,(H,20,22)/t13-/m0/s1.